The van der Waals surface area contributed by atoms with E-state index in [1.165, 1.54) is 5.56 Å². The Kier molecular flexibility index (Phi) is 5.11. The molecule has 0 aliphatic heterocycles. The summed E-state index contributed by atoms with van der Waals surface area (Å²) >= 11 is 0. The molecule has 2 rings (SSSR count). The van der Waals surface area contributed by atoms with Crippen LogP contribution in [0, 0.1) is 6.92 Å². The lowest BCUT2D eigenvalue weighted by molar-refractivity contribution is 0.310. The lowest BCUT2D eigenvalue weighted by atomic mass is 10.1. The maximum absolute atomic E-state index is 5.30. The third-order valence-corrected chi connectivity index (χ3v) is 3.38. The number of methoxy groups -OCH3 is 1. The Balaban J connectivity index is 2.12. The molecule has 2 aromatic rings. The summed E-state index contributed by atoms with van der Waals surface area (Å²) in [5.41, 5.74) is 2.16. The Hall–Kier alpha value is -2.14. The van der Waals surface area contributed by atoms with E-state index in [0.717, 1.165) is 23.8 Å². The van der Waals surface area contributed by atoms with Gasteiger partial charge in [0.1, 0.15) is 17.9 Å². The second kappa shape index (κ2) is 7.04. The molecule has 0 saturated heterocycles. The van der Waals surface area contributed by atoms with E-state index in [0.29, 0.717) is 0 Å². The van der Waals surface area contributed by atoms with Gasteiger partial charge in [0.2, 0.25) is 0 Å². The summed E-state index contributed by atoms with van der Waals surface area (Å²) in [6.45, 7) is 2.72. The highest BCUT2D eigenvalue weighted by Gasteiger charge is 2.14. The topological polar surface area (TPSA) is 50.3 Å². The van der Waals surface area contributed by atoms with Crippen LogP contribution in [0.3, 0.4) is 0 Å². The standard InChI is InChI=1S/C16H22N4O/c1-12-8-16(19-11-18-12)17-10-15(20(2)3)13-6-5-7-14(9-13)21-4/h5-9,11,15H,10H2,1-4H3,(H,17,18,19). The fourth-order valence-corrected chi connectivity index (χ4v) is 2.20. The smallest absolute Gasteiger partial charge is 0.129 e. The average molecular weight is 286 g/mol. The molecule has 0 bridgehead atoms. The van der Waals surface area contributed by atoms with Gasteiger partial charge in [-0.15, -0.1) is 0 Å². The molecule has 1 aromatic heterocycles. The van der Waals surface area contributed by atoms with Crippen LogP contribution in [0.5, 0.6) is 5.75 Å². The normalized spacial score (nSPS) is 12.2. The van der Waals surface area contributed by atoms with Gasteiger partial charge in [-0.1, -0.05) is 12.1 Å². The van der Waals surface area contributed by atoms with Crippen LogP contribution in [0.2, 0.25) is 0 Å². The zero-order valence-corrected chi connectivity index (χ0v) is 13.0. The maximum Gasteiger partial charge on any atom is 0.129 e. The third kappa shape index (κ3) is 4.16. The SMILES string of the molecule is COc1cccc(C(CNc2cc(C)ncn2)N(C)C)c1. The first-order valence-corrected chi connectivity index (χ1v) is 6.93. The number of nitrogens with zero attached hydrogens (tertiary/aromatic N) is 3. The summed E-state index contributed by atoms with van der Waals surface area (Å²) in [6.07, 6.45) is 1.58. The molecule has 1 heterocycles. The minimum Gasteiger partial charge on any atom is -0.497 e. The highest BCUT2D eigenvalue weighted by molar-refractivity contribution is 5.36. The summed E-state index contributed by atoms with van der Waals surface area (Å²) in [5.74, 6) is 1.72. The van der Waals surface area contributed by atoms with Gasteiger partial charge in [0.25, 0.3) is 0 Å². The van der Waals surface area contributed by atoms with Crippen LogP contribution >= 0.6 is 0 Å². The number of aromatic nitrogens is 2. The van der Waals surface area contributed by atoms with Crippen LogP contribution in [0.1, 0.15) is 17.3 Å². The van der Waals surface area contributed by atoms with Gasteiger partial charge in [-0.05, 0) is 38.7 Å². The molecule has 0 spiro atoms. The summed E-state index contributed by atoms with van der Waals surface area (Å²) < 4.78 is 5.30. The molecule has 112 valence electrons. The Labute approximate surface area is 126 Å². The van der Waals surface area contributed by atoms with Crippen molar-refractivity contribution in [3.63, 3.8) is 0 Å². The van der Waals surface area contributed by atoms with Crippen LogP contribution in [0.25, 0.3) is 0 Å². The molecule has 0 aliphatic carbocycles. The van der Waals surface area contributed by atoms with E-state index in [2.05, 4.69) is 46.4 Å². The molecule has 1 N–H and O–H groups in total. The van der Waals surface area contributed by atoms with Gasteiger partial charge >= 0.3 is 0 Å². The van der Waals surface area contributed by atoms with Gasteiger partial charge in [0, 0.05) is 18.3 Å². The van der Waals surface area contributed by atoms with E-state index < -0.39 is 0 Å². The van der Waals surface area contributed by atoms with Crippen LogP contribution in [0.15, 0.2) is 36.7 Å². The van der Waals surface area contributed by atoms with Crippen LogP contribution in [-0.4, -0.2) is 42.6 Å². The highest BCUT2D eigenvalue weighted by atomic mass is 16.5. The van der Waals surface area contributed by atoms with E-state index in [1.54, 1.807) is 13.4 Å². The van der Waals surface area contributed by atoms with Crippen LogP contribution in [0.4, 0.5) is 5.82 Å². The second-order valence-electron chi connectivity index (χ2n) is 5.18. The average Bonchev–Trinajstić information content (AvgIpc) is 2.47. The molecule has 1 aromatic carbocycles. The van der Waals surface area contributed by atoms with E-state index >= 15 is 0 Å². The van der Waals surface area contributed by atoms with Crippen molar-refractivity contribution in [3.05, 3.63) is 47.9 Å². The number of aryl methyl sites for hydroxylation is 1. The summed E-state index contributed by atoms with van der Waals surface area (Å²) in [6, 6.07) is 10.3. The molecule has 0 fully saturated rings. The largest absolute Gasteiger partial charge is 0.497 e. The van der Waals surface area contributed by atoms with Crippen LogP contribution < -0.4 is 10.1 Å². The van der Waals surface area contributed by atoms with Crippen molar-refractivity contribution < 1.29 is 4.74 Å². The van der Waals surface area contributed by atoms with E-state index in [-0.39, 0.29) is 6.04 Å². The lowest BCUT2D eigenvalue weighted by Gasteiger charge is -2.25. The molecular formula is C16H22N4O. The van der Waals surface area contributed by atoms with E-state index in [9.17, 15) is 0 Å². The first kappa shape index (κ1) is 15.3. The van der Waals surface area contributed by atoms with Crippen molar-refractivity contribution in [2.45, 2.75) is 13.0 Å². The molecule has 5 heteroatoms. The van der Waals surface area contributed by atoms with Crippen molar-refractivity contribution in [2.75, 3.05) is 33.1 Å². The molecule has 0 radical (unpaired) electrons. The van der Waals surface area contributed by atoms with Gasteiger partial charge in [0.05, 0.1) is 13.2 Å². The number of nitrogens with one attached hydrogen (secondary N) is 1. The molecule has 1 atom stereocenters. The number of hydrogen-bond acceptors (Lipinski definition) is 5. The maximum atomic E-state index is 5.30. The lowest BCUT2D eigenvalue weighted by Crippen LogP contribution is -2.27. The second-order valence-corrected chi connectivity index (χ2v) is 5.18. The number of anilines is 1. The predicted octanol–water partition coefficient (Wildman–Crippen LogP) is 2.51. The Bertz CT molecular complexity index is 586. The minimum atomic E-state index is 0.232. The highest BCUT2D eigenvalue weighted by Crippen LogP contribution is 2.23. The fourth-order valence-electron chi connectivity index (χ4n) is 2.20. The molecule has 5 nitrogen and oxygen atoms in total. The molecule has 0 saturated carbocycles. The first-order chi connectivity index (χ1) is 10.1. The van der Waals surface area contributed by atoms with Crippen molar-refractivity contribution in [1.82, 2.24) is 14.9 Å². The zero-order valence-electron chi connectivity index (χ0n) is 13.0. The monoisotopic (exact) mass is 286 g/mol. The van der Waals surface area contributed by atoms with Gasteiger partial charge in [-0.3, -0.25) is 0 Å². The van der Waals surface area contributed by atoms with Crippen molar-refractivity contribution in [3.8, 4) is 5.75 Å². The van der Waals surface area contributed by atoms with Gasteiger partial charge in [-0.25, -0.2) is 9.97 Å². The number of hydrogen-bond donors (Lipinski definition) is 1. The molecule has 0 aliphatic rings. The number of benzene rings is 1. The number of likely N-dealkylation sites (N-methyl/N-ethyl adjacent to an activating group) is 1. The molecule has 0 amide bonds. The van der Waals surface area contributed by atoms with Crippen LogP contribution in [-0.2, 0) is 0 Å². The van der Waals surface area contributed by atoms with E-state index in [1.807, 2.05) is 25.1 Å². The third-order valence-electron chi connectivity index (χ3n) is 3.38. The van der Waals surface area contributed by atoms with Crippen molar-refractivity contribution in [2.24, 2.45) is 0 Å². The molecular weight excluding hydrogens is 264 g/mol. The minimum absolute atomic E-state index is 0.232. The fraction of sp³-hybridized carbons (Fsp3) is 0.375. The van der Waals surface area contributed by atoms with Crippen molar-refractivity contribution in [1.29, 1.82) is 0 Å². The van der Waals surface area contributed by atoms with Gasteiger partial charge < -0.3 is 15.0 Å². The molecule has 21 heavy (non-hydrogen) atoms. The first-order valence-electron chi connectivity index (χ1n) is 6.93. The number of rotatable bonds is 6. The summed E-state index contributed by atoms with van der Waals surface area (Å²) in [4.78, 5) is 10.5. The zero-order chi connectivity index (χ0) is 15.2. The molecule has 1 unspecified atom stereocenters. The summed E-state index contributed by atoms with van der Waals surface area (Å²) in [7, 11) is 5.82. The Morgan fingerprint density at radius 1 is 1.24 bits per heavy atom. The number of ether oxygens (including phenoxy) is 1. The predicted molar refractivity (Wildman–Crippen MR) is 84.7 cm³/mol. The van der Waals surface area contributed by atoms with Gasteiger partial charge in [0.15, 0.2) is 0 Å². The Morgan fingerprint density at radius 3 is 2.71 bits per heavy atom. The quantitative estimate of drug-likeness (QED) is 0.884. The van der Waals surface area contributed by atoms with Crippen molar-refractivity contribution >= 4 is 5.82 Å². The summed E-state index contributed by atoms with van der Waals surface area (Å²) in [5, 5.41) is 3.37. The van der Waals surface area contributed by atoms with E-state index in [4.69, 9.17) is 4.74 Å². The Morgan fingerprint density at radius 2 is 2.05 bits per heavy atom. The van der Waals surface area contributed by atoms with Gasteiger partial charge in [-0.2, -0.15) is 0 Å².